The van der Waals surface area contributed by atoms with Crippen LogP contribution in [0, 0.1) is 11.3 Å². The van der Waals surface area contributed by atoms with Gasteiger partial charge in [-0.15, -0.1) is 0 Å². The number of nitriles is 1. The van der Waals surface area contributed by atoms with Crippen molar-refractivity contribution in [3.63, 3.8) is 0 Å². The lowest BCUT2D eigenvalue weighted by molar-refractivity contribution is 0.323. The summed E-state index contributed by atoms with van der Waals surface area (Å²) in [6.45, 7) is 0. The molecule has 0 unspecified atom stereocenters. The molecule has 0 radical (unpaired) electrons. The summed E-state index contributed by atoms with van der Waals surface area (Å²) in [5.74, 6) is 0. The first-order valence-corrected chi connectivity index (χ1v) is 7.10. The van der Waals surface area contributed by atoms with Crippen LogP contribution in [0.1, 0.15) is 43.7 Å². The van der Waals surface area contributed by atoms with Crippen LogP contribution < -0.4 is 5.56 Å². The van der Waals surface area contributed by atoms with Crippen molar-refractivity contribution in [2.24, 2.45) is 0 Å². The van der Waals surface area contributed by atoms with Gasteiger partial charge in [0.25, 0.3) is 5.56 Å². The van der Waals surface area contributed by atoms with Gasteiger partial charge in [0.05, 0.1) is 23.2 Å². The minimum atomic E-state index is 0.0432. The maximum Gasteiger partial charge on any atom is 0.274 e. The summed E-state index contributed by atoms with van der Waals surface area (Å²) in [5.41, 5.74) is 2.19. The van der Waals surface area contributed by atoms with Gasteiger partial charge in [0.1, 0.15) is 0 Å². The highest BCUT2D eigenvalue weighted by molar-refractivity contribution is 5.62. The van der Waals surface area contributed by atoms with Gasteiger partial charge in [-0.2, -0.15) is 5.26 Å². The van der Waals surface area contributed by atoms with Gasteiger partial charge in [-0.25, -0.2) is 4.68 Å². The van der Waals surface area contributed by atoms with Gasteiger partial charge in [-0.3, -0.25) is 4.79 Å². The summed E-state index contributed by atoms with van der Waals surface area (Å²) in [5, 5.41) is 11.9. The number of H-pyrrole nitrogens is 1. The van der Waals surface area contributed by atoms with Gasteiger partial charge in [0.2, 0.25) is 0 Å². The molecule has 0 saturated heterocycles. The zero-order valence-electron chi connectivity index (χ0n) is 11.3. The van der Waals surface area contributed by atoms with Crippen molar-refractivity contribution in [3.8, 4) is 17.2 Å². The van der Waals surface area contributed by atoms with Gasteiger partial charge in [-0.1, -0.05) is 31.4 Å². The van der Waals surface area contributed by atoms with Crippen LogP contribution >= 0.6 is 0 Å². The van der Waals surface area contributed by atoms with E-state index in [0.29, 0.717) is 17.2 Å². The van der Waals surface area contributed by atoms with E-state index in [-0.39, 0.29) is 5.56 Å². The zero-order chi connectivity index (χ0) is 13.9. The predicted molar refractivity (Wildman–Crippen MR) is 77.3 cm³/mol. The fourth-order valence-electron chi connectivity index (χ4n) is 2.93. The lowest BCUT2D eigenvalue weighted by Crippen LogP contribution is -2.24. The van der Waals surface area contributed by atoms with E-state index in [9.17, 15) is 4.79 Å². The third-order valence-corrected chi connectivity index (χ3v) is 4.06. The summed E-state index contributed by atoms with van der Waals surface area (Å²) in [6.07, 6.45) is 7.60. The molecule has 1 saturated carbocycles. The van der Waals surface area contributed by atoms with Crippen molar-refractivity contribution >= 4 is 0 Å². The van der Waals surface area contributed by atoms with E-state index in [4.69, 9.17) is 5.26 Å². The molecule has 1 heterocycles. The van der Waals surface area contributed by atoms with Gasteiger partial charge >= 0.3 is 0 Å². The van der Waals surface area contributed by atoms with Gasteiger partial charge in [0, 0.05) is 6.20 Å². The molecule has 1 aromatic carbocycles. The molecule has 1 aliphatic rings. The summed E-state index contributed by atoms with van der Waals surface area (Å²) >= 11 is 0. The highest BCUT2D eigenvalue weighted by Crippen LogP contribution is 2.27. The average Bonchev–Trinajstić information content (AvgIpc) is 2.90. The molecular formula is C16H17N3O. The second kappa shape index (κ2) is 5.38. The van der Waals surface area contributed by atoms with Crippen molar-refractivity contribution in [1.29, 1.82) is 5.26 Å². The van der Waals surface area contributed by atoms with Crippen molar-refractivity contribution < 1.29 is 0 Å². The summed E-state index contributed by atoms with van der Waals surface area (Å²) < 4.78 is 1.77. The van der Waals surface area contributed by atoms with Crippen LogP contribution in [0.15, 0.2) is 35.3 Å². The molecule has 0 atom stereocenters. The largest absolute Gasteiger partial charge is 0.302 e. The van der Waals surface area contributed by atoms with Gasteiger partial charge in [-0.05, 0) is 30.5 Å². The second-order valence-electron chi connectivity index (χ2n) is 5.34. The monoisotopic (exact) mass is 267 g/mol. The Morgan fingerprint density at radius 1 is 1.15 bits per heavy atom. The summed E-state index contributed by atoms with van der Waals surface area (Å²) in [4.78, 5) is 12.5. The second-order valence-corrected chi connectivity index (χ2v) is 5.34. The first-order chi connectivity index (χ1) is 9.79. The SMILES string of the molecule is N#Cc1ccc(-c2c[nH]n(C3CCCCC3)c2=O)cc1. The first kappa shape index (κ1) is 12.7. The molecule has 1 fully saturated rings. The highest BCUT2D eigenvalue weighted by Gasteiger charge is 2.19. The third kappa shape index (κ3) is 2.27. The van der Waals surface area contributed by atoms with Crippen LogP contribution in [0.5, 0.6) is 0 Å². The topological polar surface area (TPSA) is 61.6 Å². The molecule has 4 nitrogen and oxygen atoms in total. The van der Waals surface area contributed by atoms with Crippen molar-refractivity contribution in [1.82, 2.24) is 9.78 Å². The quantitative estimate of drug-likeness (QED) is 0.908. The summed E-state index contributed by atoms with van der Waals surface area (Å²) in [7, 11) is 0. The number of aromatic nitrogens is 2. The van der Waals surface area contributed by atoms with Crippen molar-refractivity contribution in [2.45, 2.75) is 38.1 Å². The molecular weight excluding hydrogens is 250 g/mol. The van der Waals surface area contributed by atoms with Crippen LogP contribution in [0.3, 0.4) is 0 Å². The molecule has 0 amide bonds. The Morgan fingerprint density at radius 3 is 2.50 bits per heavy atom. The molecule has 3 rings (SSSR count). The Kier molecular flexibility index (Phi) is 3.42. The Morgan fingerprint density at radius 2 is 1.85 bits per heavy atom. The average molecular weight is 267 g/mol. The van der Waals surface area contributed by atoms with E-state index in [0.717, 1.165) is 18.4 Å². The number of hydrogen-bond donors (Lipinski definition) is 1. The molecule has 0 aliphatic heterocycles. The molecule has 0 bridgehead atoms. The molecule has 1 aliphatic carbocycles. The fraction of sp³-hybridized carbons (Fsp3) is 0.375. The Balaban J connectivity index is 1.93. The minimum Gasteiger partial charge on any atom is -0.302 e. The third-order valence-electron chi connectivity index (χ3n) is 4.06. The zero-order valence-corrected chi connectivity index (χ0v) is 11.3. The molecule has 20 heavy (non-hydrogen) atoms. The number of rotatable bonds is 2. The predicted octanol–water partition coefficient (Wildman–Crippen LogP) is 3.22. The number of nitrogens with zero attached hydrogens (tertiary/aromatic N) is 2. The normalized spacial score (nSPS) is 15.9. The number of nitrogens with one attached hydrogen (secondary N) is 1. The molecule has 4 heteroatoms. The number of hydrogen-bond acceptors (Lipinski definition) is 2. The number of aromatic amines is 1. The van der Waals surface area contributed by atoms with E-state index < -0.39 is 0 Å². The Hall–Kier alpha value is -2.28. The lowest BCUT2D eigenvalue weighted by Gasteiger charge is -2.21. The van der Waals surface area contributed by atoms with Crippen molar-refractivity contribution in [2.75, 3.05) is 0 Å². The Labute approximate surface area is 117 Å². The van der Waals surface area contributed by atoms with E-state index in [1.54, 1.807) is 23.0 Å². The van der Waals surface area contributed by atoms with Crippen LogP contribution in [0.4, 0.5) is 0 Å². The molecule has 2 aromatic rings. The van der Waals surface area contributed by atoms with Gasteiger partial charge < -0.3 is 5.10 Å². The first-order valence-electron chi connectivity index (χ1n) is 7.10. The van der Waals surface area contributed by atoms with E-state index in [2.05, 4.69) is 11.2 Å². The van der Waals surface area contributed by atoms with Crippen LogP contribution in [-0.2, 0) is 0 Å². The summed E-state index contributed by atoms with van der Waals surface area (Å²) in [6, 6.07) is 9.54. The standard InChI is InChI=1S/C16H17N3O/c17-10-12-6-8-13(9-7-12)15-11-18-19(16(15)20)14-4-2-1-3-5-14/h6-9,11,14,18H,1-5H2. The van der Waals surface area contributed by atoms with E-state index >= 15 is 0 Å². The van der Waals surface area contributed by atoms with Crippen LogP contribution in [0.2, 0.25) is 0 Å². The molecule has 0 spiro atoms. The van der Waals surface area contributed by atoms with Crippen LogP contribution in [0.25, 0.3) is 11.1 Å². The van der Waals surface area contributed by atoms with E-state index in [1.165, 1.54) is 19.3 Å². The molecule has 1 aromatic heterocycles. The fourth-order valence-corrected chi connectivity index (χ4v) is 2.93. The lowest BCUT2D eigenvalue weighted by atomic mass is 9.96. The molecule has 102 valence electrons. The number of benzene rings is 1. The van der Waals surface area contributed by atoms with E-state index in [1.807, 2.05) is 12.1 Å². The maximum absolute atomic E-state index is 12.5. The van der Waals surface area contributed by atoms with Crippen molar-refractivity contribution in [3.05, 3.63) is 46.4 Å². The molecule has 1 N–H and O–H groups in total. The van der Waals surface area contributed by atoms with Gasteiger partial charge in [0.15, 0.2) is 0 Å². The van der Waals surface area contributed by atoms with Crippen LogP contribution in [-0.4, -0.2) is 9.78 Å². The highest BCUT2D eigenvalue weighted by atomic mass is 16.1. The smallest absolute Gasteiger partial charge is 0.274 e. The minimum absolute atomic E-state index is 0.0432. The maximum atomic E-state index is 12.5. The Bertz CT molecular complexity index is 682.